The summed E-state index contributed by atoms with van der Waals surface area (Å²) < 4.78 is 0. The molecule has 12 heavy (non-hydrogen) atoms. The largest absolute Gasteiger partial charge is 0.251 e. The maximum absolute atomic E-state index is 8.26. The zero-order valence-corrected chi connectivity index (χ0v) is 6.97. The van der Waals surface area contributed by atoms with Crippen LogP contribution < -0.4 is 0 Å². The molecule has 1 unspecified atom stereocenters. The van der Waals surface area contributed by atoms with Crippen LogP contribution in [0.15, 0.2) is 36.4 Å². The quantitative estimate of drug-likeness (QED) is 0.549. The van der Waals surface area contributed by atoms with Crippen molar-refractivity contribution in [2.45, 2.75) is 13.0 Å². The average Bonchev–Trinajstić information content (AvgIpc) is 2.16. The van der Waals surface area contributed by atoms with Gasteiger partial charge in [-0.1, -0.05) is 42.5 Å². The fraction of sp³-hybridized carbons (Fsp3) is 0.200. The van der Waals surface area contributed by atoms with Gasteiger partial charge in [-0.3, -0.25) is 5.26 Å². The van der Waals surface area contributed by atoms with Crippen LogP contribution in [0.25, 0.3) is 6.08 Å². The van der Waals surface area contributed by atoms with Crippen molar-refractivity contribution in [1.82, 2.24) is 0 Å². The molecule has 0 spiro atoms. The summed E-state index contributed by atoms with van der Waals surface area (Å²) in [6.07, 6.45) is 3.43. The van der Waals surface area contributed by atoms with E-state index < -0.39 is 0 Å². The molecule has 0 aromatic heterocycles. The van der Waals surface area contributed by atoms with Gasteiger partial charge in [-0.25, -0.2) is 4.89 Å². The van der Waals surface area contributed by atoms with E-state index in [0.29, 0.717) is 0 Å². The van der Waals surface area contributed by atoms with Gasteiger partial charge in [0.2, 0.25) is 0 Å². The Morgan fingerprint density at radius 3 is 2.58 bits per heavy atom. The summed E-state index contributed by atoms with van der Waals surface area (Å²) in [5.74, 6) is 0. The second-order valence-electron chi connectivity index (χ2n) is 2.58. The molecule has 1 N–H and O–H groups in total. The second kappa shape index (κ2) is 4.70. The summed E-state index contributed by atoms with van der Waals surface area (Å²) in [5.41, 5.74) is 1.10. The minimum Gasteiger partial charge on any atom is -0.251 e. The lowest BCUT2D eigenvalue weighted by Crippen LogP contribution is -1.98. The summed E-state index contributed by atoms with van der Waals surface area (Å²) in [6, 6.07) is 9.86. The predicted molar refractivity (Wildman–Crippen MR) is 48.7 cm³/mol. The van der Waals surface area contributed by atoms with Gasteiger partial charge < -0.3 is 0 Å². The molecule has 0 radical (unpaired) electrons. The van der Waals surface area contributed by atoms with E-state index in [1.807, 2.05) is 36.4 Å². The number of hydrogen-bond acceptors (Lipinski definition) is 2. The molecule has 2 nitrogen and oxygen atoms in total. The maximum atomic E-state index is 8.26. The van der Waals surface area contributed by atoms with Gasteiger partial charge in [0.15, 0.2) is 0 Å². The van der Waals surface area contributed by atoms with E-state index in [2.05, 4.69) is 4.89 Å². The molecule has 0 aliphatic carbocycles. The highest BCUT2D eigenvalue weighted by molar-refractivity contribution is 5.49. The molecule has 0 amide bonds. The van der Waals surface area contributed by atoms with E-state index in [0.717, 1.165) is 5.56 Å². The molecular weight excluding hydrogens is 152 g/mol. The van der Waals surface area contributed by atoms with Crippen LogP contribution in [-0.2, 0) is 4.89 Å². The van der Waals surface area contributed by atoms with E-state index in [9.17, 15) is 0 Å². The molecule has 0 saturated carbocycles. The van der Waals surface area contributed by atoms with Crippen molar-refractivity contribution in [1.29, 1.82) is 0 Å². The first kappa shape index (κ1) is 8.97. The Kier molecular flexibility index (Phi) is 3.51. The molecule has 0 saturated heterocycles. The highest BCUT2D eigenvalue weighted by Gasteiger charge is 1.91. The summed E-state index contributed by atoms with van der Waals surface area (Å²) in [5, 5.41) is 8.26. The van der Waals surface area contributed by atoms with Crippen LogP contribution in [0.1, 0.15) is 12.5 Å². The number of rotatable bonds is 3. The summed E-state index contributed by atoms with van der Waals surface area (Å²) >= 11 is 0. The zero-order valence-electron chi connectivity index (χ0n) is 6.97. The fourth-order valence-corrected chi connectivity index (χ4v) is 0.846. The van der Waals surface area contributed by atoms with E-state index in [4.69, 9.17) is 5.26 Å². The van der Waals surface area contributed by atoms with Gasteiger partial charge in [0.05, 0.1) is 0 Å². The Labute approximate surface area is 72.0 Å². The molecule has 0 aliphatic rings. The van der Waals surface area contributed by atoms with Crippen LogP contribution in [0.4, 0.5) is 0 Å². The first-order valence-electron chi connectivity index (χ1n) is 3.86. The van der Waals surface area contributed by atoms with E-state index in [-0.39, 0.29) is 6.10 Å². The molecule has 1 atom stereocenters. The molecule has 1 aromatic carbocycles. The third-order valence-corrected chi connectivity index (χ3v) is 1.53. The summed E-state index contributed by atoms with van der Waals surface area (Å²) in [6.45, 7) is 1.76. The van der Waals surface area contributed by atoms with Crippen molar-refractivity contribution in [3.63, 3.8) is 0 Å². The van der Waals surface area contributed by atoms with Crippen LogP contribution >= 0.6 is 0 Å². The van der Waals surface area contributed by atoms with Crippen molar-refractivity contribution in [2.24, 2.45) is 0 Å². The van der Waals surface area contributed by atoms with E-state index in [1.54, 1.807) is 13.0 Å². The minimum absolute atomic E-state index is 0.259. The van der Waals surface area contributed by atoms with Crippen LogP contribution in [0, 0.1) is 0 Å². The van der Waals surface area contributed by atoms with Gasteiger partial charge in [0, 0.05) is 0 Å². The molecule has 1 aromatic rings. The molecule has 2 heteroatoms. The Hall–Kier alpha value is -1.12. The standard InChI is InChI=1S/C10H12O2/c1-9(12-11)7-8-10-5-3-2-4-6-10/h2-9,11H,1H3/b8-7+. The van der Waals surface area contributed by atoms with Crippen molar-refractivity contribution in [2.75, 3.05) is 0 Å². The normalized spacial score (nSPS) is 13.5. The smallest absolute Gasteiger partial charge is 0.108 e. The topological polar surface area (TPSA) is 29.5 Å². The van der Waals surface area contributed by atoms with Crippen LogP contribution in [0.3, 0.4) is 0 Å². The predicted octanol–water partition coefficient (Wildman–Crippen LogP) is 2.58. The van der Waals surface area contributed by atoms with E-state index in [1.165, 1.54) is 0 Å². The maximum Gasteiger partial charge on any atom is 0.108 e. The van der Waals surface area contributed by atoms with Gasteiger partial charge in [-0.2, -0.15) is 0 Å². The van der Waals surface area contributed by atoms with E-state index >= 15 is 0 Å². The highest BCUT2D eigenvalue weighted by Crippen LogP contribution is 2.02. The van der Waals surface area contributed by atoms with Gasteiger partial charge in [0.1, 0.15) is 6.10 Å². The van der Waals surface area contributed by atoms with Crippen LogP contribution in [-0.4, -0.2) is 11.4 Å². The highest BCUT2D eigenvalue weighted by atomic mass is 17.1. The van der Waals surface area contributed by atoms with Gasteiger partial charge in [-0.15, -0.1) is 0 Å². The van der Waals surface area contributed by atoms with Gasteiger partial charge in [0.25, 0.3) is 0 Å². The molecule has 0 fully saturated rings. The Bertz CT molecular complexity index is 241. The third kappa shape index (κ3) is 2.86. The Morgan fingerprint density at radius 2 is 2.00 bits per heavy atom. The molecule has 0 bridgehead atoms. The molecule has 0 aliphatic heterocycles. The van der Waals surface area contributed by atoms with Crippen LogP contribution in [0.2, 0.25) is 0 Å². The van der Waals surface area contributed by atoms with Gasteiger partial charge in [-0.05, 0) is 12.5 Å². The first-order valence-corrected chi connectivity index (χ1v) is 3.86. The van der Waals surface area contributed by atoms with Gasteiger partial charge >= 0.3 is 0 Å². The molecule has 64 valence electrons. The van der Waals surface area contributed by atoms with Crippen molar-refractivity contribution in [3.8, 4) is 0 Å². The Morgan fingerprint density at radius 1 is 1.33 bits per heavy atom. The fourth-order valence-electron chi connectivity index (χ4n) is 0.846. The summed E-state index contributed by atoms with van der Waals surface area (Å²) in [4.78, 5) is 4.09. The minimum atomic E-state index is -0.259. The lowest BCUT2D eigenvalue weighted by molar-refractivity contribution is -0.261. The van der Waals surface area contributed by atoms with Crippen molar-refractivity contribution < 1.29 is 10.1 Å². The number of benzene rings is 1. The SMILES string of the molecule is CC(/C=C/c1ccccc1)OO. The molecule has 1 rings (SSSR count). The van der Waals surface area contributed by atoms with Crippen molar-refractivity contribution in [3.05, 3.63) is 42.0 Å². The first-order chi connectivity index (χ1) is 5.83. The third-order valence-electron chi connectivity index (χ3n) is 1.53. The second-order valence-corrected chi connectivity index (χ2v) is 2.58. The molecular formula is C10H12O2. The summed E-state index contributed by atoms with van der Waals surface area (Å²) in [7, 11) is 0. The lowest BCUT2D eigenvalue weighted by atomic mass is 10.2. The average molecular weight is 164 g/mol. The molecule has 0 heterocycles. The lowest BCUT2D eigenvalue weighted by Gasteiger charge is -1.98. The van der Waals surface area contributed by atoms with Crippen LogP contribution in [0.5, 0.6) is 0 Å². The van der Waals surface area contributed by atoms with Crippen molar-refractivity contribution >= 4 is 6.08 Å². The monoisotopic (exact) mass is 164 g/mol. The number of hydrogen-bond donors (Lipinski definition) is 1. The Balaban J connectivity index is 2.58. The zero-order chi connectivity index (χ0) is 8.81.